The Bertz CT molecular complexity index is 311. The van der Waals surface area contributed by atoms with E-state index in [1.807, 2.05) is 43.0 Å². The largest absolute Gasteiger partial charge is 0.529 e. The highest BCUT2D eigenvalue weighted by Gasteiger charge is 2.38. The van der Waals surface area contributed by atoms with E-state index in [0.29, 0.717) is 19.8 Å². The summed E-state index contributed by atoms with van der Waals surface area (Å²) in [4.78, 5) is 0. The zero-order valence-electron chi connectivity index (χ0n) is 15.6. The molecule has 23 heavy (non-hydrogen) atoms. The van der Waals surface area contributed by atoms with Crippen LogP contribution in [0.5, 0.6) is 0 Å². The van der Waals surface area contributed by atoms with Crippen molar-refractivity contribution >= 4 is 8.80 Å². The third-order valence-corrected chi connectivity index (χ3v) is 5.65. The SMILES string of the molecule is C/C=C/C=C/C=C/[Si](OCCCC)(OCCCC)OCCCC. The smallest absolute Gasteiger partial charge is 0.370 e. The van der Waals surface area contributed by atoms with Crippen molar-refractivity contribution in [3.05, 3.63) is 36.1 Å². The first kappa shape index (κ1) is 22.3. The lowest BCUT2D eigenvalue weighted by atomic mass is 10.4. The lowest BCUT2D eigenvalue weighted by molar-refractivity contribution is 0.0685. The van der Waals surface area contributed by atoms with Gasteiger partial charge >= 0.3 is 8.80 Å². The molecule has 0 N–H and O–H groups in total. The number of allylic oxidation sites excluding steroid dienone is 5. The Labute approximate surface area is 144 Å². The maximum Gasteiger partial charge on any atom is 0.529 e. The van der Waals surface area contributed by atoms with Crippen LogP contribution in [0.2, 0.25) is 0 Å². The molecule has 3 nitrogen and oxygen atoms in total. The zero-order valence-corrected chi connectivity index (χ0v) is 16.6. The minimum absolute atomic E-state index is 0.698. The van der Waals surface area contributed by atoms with Crippen LogP contribution >= 0.6 is 0 Å². The molecule has 0 bridgehead atoms. The van der Waals surface area contributed by atoms with E-state index in [1.165, 1.54) is 0 Å². The number of hydrogen-bond donors (Lipinski definition) is 0. The fraction of sp³-hybridized carbons (Fsp3) is 0.684. The van der Waals surface area contributed by atoms with Crippen molar-refractivity contribution in [3.8, 4) is 0 Å². The summed E-state index contributed by atoms with van der Waals surface area (Å²) in [7, 11) is -2.72. The molecule has 0 saturated carbocycles. The third kappa shape index (κ3) is 12.4. The minimum Gasteiger partial charge on any atom is -0.370 e. The Morgan fingerprint density at radius 3 is 1.48 bits per heavy atom. The molecule has 0 unspecified atom stereocenters. The third-order valence-electron chi connectivity index (χ3n) is 3.23. The summed E-state index contributed by atoms with van der Waals surface area (Å²) in [5, 5.41) is 0. The summed E-state index contributed by atoms with van der Waals surface area (Å²) in [5.74, 6) is 0. The predicted octanol–water partition coefficient (Wildman–Crippen LogP) is 5.60. The highest BCUT2D eigenvalue weighted by Crippen LogP contribution is 2.15. The highest BCUT2D eigenvalue weighted by atomic mass is 28.4. The van der Waals surface area contributed by atoms with Gasteiger partial charge in [-0.1, -0.05) is 70.4 Å². The maximum absolute atomic E-state index is 6.13. The summed E-state index contributed by atoms with van der Waals surface area (Å²) in [5.41, 5.74) is 2.02. The van der Waals surface area contributed by atoms with Gasteiger partial charge in [-0.05, 0) is 31.9 Å². The topological polar surface area (TPSA) is 27.7 Å². The molecular formula is C19H36O3Si. The second-order valence-electron chi connectivity index (χ2n) is 5.48. The van der Waals surface area contributed by atoms with Crippen LogP contribution in [0, 0.1) is 0 Å². The summed E-state index contributed by atoms with van der Waals surface area (Å²) in [6, 6.07) is 0. The van der Waals surface area contributed by atoms with E-state index >= 15 is 0 Å². The van der Waals surface area contributed by atoms with Gasteiger partial charge in [0.2, 0.25) is 0 Å². The van der Waals surface area contributed by atoms with E-state index in [4.69, 9.17) is 13.3 Å². The molecule has 0 aliphatic rings. The van der Waals surface area contributed by atoms with Crippen molar-refractivity contribution in [2.24, 2.45) is 0 Å². The molecule has 0 aliphatic carbocycles. The van der Waals surface area contributed by atoms with E-state index in [9.17, 15) is 0 Å². The van der Waals surface area contributed by atoms with Crippen molar-refractivity contribution in [2.75, 3.05) is 19.8 Å². The summed E-state index contributed by atoms with van der Waals surface area (Å²) < 4.78 is 18.4. The quantitative estimate of drug-likeness (QED) is 0.220. The first-order chi connectivity index (χ1) is 11.2. The van der Waals surface area contributed by atoms with Gasteiger partial charge < -0.3 is 13.3 Å². The number of hydrogen-bond acceptors (Lipinski definition) is 3. The number of unbranched alkanes of at least 4 members (excludes halogenated alkanes) is 3. The molecule has 0 atom stereocenters. The van der Waals surface area contributed by atoms with Crippen molar-refractivity contribution in [2.45, 2.75) is 66.2 Å². The molecule has 0 rings (SSSR count). The Morgan fingerprint density at radius 1 is 0.652 bits per heavy atom. The molecule has 0 aromatic carbocycles. The Balaban J connectivity index is 4.91. The van der Waals surface area contributed by atoms with Gasteiger partial charge in [0.1, 0.15) is 0 Å². The molecule has 0 radical (unpaired) electrons. The van der Waals surface area contributed by atoms with Crippen LogP contribution in [0.25, 0.3) is 0 Å². The molecule has 0 amide bonds. The van der Waals surface area contributed by atoms with Crippen LogP contribution in [0.3, 0.4) is 0 Å². The van der Waals surface area contributed by atoms with Gasteiger partial charge in [-0.25, -0.2) is 0 Å². The first-order valence-electron chi connectivity index (χ1n) is 9.13. The zero-order chi connectivity index (χ0) is 17.2. The van der Waals surface area contributed by atoms with Crippen LogP contribution in [-0.2, 0) is 13.3 Å². The van der Waals surface area contributed by atoms with Crippen molar-refractivity contribution in [1.29, 1.82) is 0 Å². The van der Waals surface area contributed by atoms with Crippen molar-refractivity contribution in [3.63, 3.8) is 0 Å². The van der Waals surface area contributed by atoms with E-state index in [1.54, 1.807) is 0 Å². The van der Waals surface area contributed by atoms with E-state index in [-0.39, 0.29) is 0 Å². The van der Waals surface area contributed by atoms with Gasteiger partial charge in [0.05, 0.1) is 0 Å². The van der Waals surface area contributed by atoms with Crippen LogP contribution in [-0.4, -0.2) is 28.6 Å². The monoisotopic (exact) mass is 340 g/mol. The summed E-state index contributed by atoms with van der Waals surface area (Å²) >= 11 is 0. The van der Waals surface area contributed by atoms with Gasteiger partial charge in [0.15, 0.2) is 0 Å². The normalized spacial score (nSPS) is 13.0. The van der Waals surface area contributed by atoms with Gasteiger partial charge in [0.25, 0.3) is 0 Å². The predicted molar refractivity (Wildman–Crippen MR) is 101 cm³/mol. The van der Waals surface area contributed by atoms with Gasteiger partial charge in [-0.3, -0.25) is 0 Å². The average molecular weight is 341 g/mol. The molecule has 0 fully saturated rings. The van der Waals surface area contributed by atoms with Crippen LogP contribution < -0.4 is 0 Å². The highest BCUT2D eigenvalue weighted by molar-refractivity contribution is 6.66. The maximum atomic E-state index is 6.13. The molecule has 0 aromatic rings. The lowest BCUT2D eigenvalue weighted by Gasteiger charge is -2.27. The molecule has 0 saturated heterocycles. The Morgan fingerprint density at radius 2 is 1.09 bits per heavy atom. The molecule has 0 spiro atoms. The van der Waals surface area contributed by atoms with E-state index in [2.05, 4.69) is 20.8 Å². The summed E-state index contributed by atoms with van der Waals surface area (Å²) in [6.07, 6.45) is 16.4. The molecule has 0 aromatic heterocycles. The van der Waals surface area contributed by atoms with Gasteiger partial charge in [-0.2, -0.15) is 0 Å². The molecule has 4 heteroatoms. The van der Waals surface area contributed by atoms with E-state index in [0.717, 1.165) is 38.5 Å². The fourth-order valence-electron chi connectivity index (χ4n) is 1.76. The second kappa shape index (κ2) is 16.2. The van der Waals surface area contributed by atoms with Gasteiger partial charge in [-0.15, -0.1) is 0 Å². The van der Waals surface area contributed by atoms with Gasteiger partial charge in [0, 0.05) is 19.8 Å². The Hall–Kier alpha value is -0.683. The molecule has 134 valence electrons. The van der Waals surface area contributed by atoms with Crippen molar-refractivity contribution in [1.82, 2.24) is 0 Å². The standard InChI is InChI=1S/C19H36O3Si/c1-5-9-13-14-15-19-23(20-16-10-6-2,21-17-11-7-3)22-18-12-8-4/h5,9,13-15,19H,6-8,10-12,16-18H2,1-4H3/b9-5+,14-13+,19-15+. The van der Waals surface area contributed by atoms with Crippen LogP contribution in [0.15, 0.2) is 36.1 Å². The van der Waals surface area contributed by atoms with E-state index < -0.39 is 8.80 Å². The fourth-order valence-corrected chi connectivity index (χ4v) is 3.93. The molecule has 0 aliphatic heterocycles. The van der Waals surface area contributed by atoms with Crippen LogP contribution in [0.4, 0.5) is 0 Å². The average Bonchev–Trinajstić information content (AvgIpc) is 2.55. The minimum atomic E-state index is -2.72. The first-order valence-corrected chi connectivity index (χ1v) is 10.9. The number of rotatable bonds is 15. The molecular weight excluding hydrogens is 304 g/mol. The lowest BCUT2D eigenvalue weighted by Crippen LogP contribution is -2.45. The second-order valence-corrected chi connectivity index (χ2v) is 7.89. The van der Waals surface area contributed by atoms with Crippen LogP contribution in [0.1, 0.15) is 66.2 Å². The summed E-state index contributed by atoms with van der Waals surface area (Å²) in [6.45, 7) is 10.6. The molecule has 0 heterocycles. The Kier molecular flexibility index (Phi) is 15.7. The van der Waals surface area contributed by atoms with Crippen molar-refractivity contribution < 1.29 is 13.3 Å².